The van der Waals surface area contributed by atoms with Crippen LogP contribution in [0.2, 0.25) is 0 Å². The van der Waals surface area contributed by atoms with E-state index in [1.165, 1.54) is 41.5 Å². The fourth-order valence-corrected chi connectivity index (χ4v) is 4.02. The van der Waals surface area contributed by atoms with Crippen LogP contribution < -0.4 is 10.6 Å². The van der Waals surface area contributed by atoms with E-state index in [2.05, 4.69) is 78.5 Å². The van der Waals surface area contributed by atoms with Crippen LogP contribution in [0.1, 0.15) is 24.1 Å². The zero-order chi connectivity index (χ0) is 22.9. The number of benzene rings is 1. The molecule has 0 radical (unpaired) electrons. The molecule has 1 unspecified atom stereocenters. The maximum Gasteiger partial charge on any atom is 0.0918 e. The number of nitrogens with zero attached hydrogens (tertiary/aromatic N) is 2. The van der Waals surface area contributed by atoms with E-state index in [-0.39, 0.29) is 0 Å². The molecule has 32 heavy (non-hydrogen) atoms. The molecule has 2 aliphatic heterocycles. The Morgan fingerprint density at radius 1 is 1.28 bits per heavy atom. The van der Waals surface area contributed by atoms with Crippen molar-refractivity contribution in [3.63, 3.8) is 0 Å². The standard InChI is InChI=1S/C18H26N4.C9H11N/c1-13-6-7-18-15(9-13)10-17(21-18)11-19-14(2)20-16-5-4-8-22(3)12-16;1-3-7-10-8-5-4-6-9(10)2/h6-7,9-10,16,19-21H,2,4-5,8,11-12H2,1,3H3;3-6,8H,1-2,7H2. The summed E-state index contributed by atoms with van der Waals surface area (Å²) >= 11 is 0. The average molecular weight is 432 g/mol. The fraction of sp³-hybridized carbons (Fsp3) is 0.333. The molecule has 1 aromatic heterocycles. The first-order valence-corrected chi connectivity index (χ1v) is 11.3. The van der Waals surface area contributed by atoms with Crippen molar-refractivity contribution in [2.45, 2.75) is 32.4 Å². The molecule has 4 rings (SSSR count). The first-order valence-electron chi connectivity index (χ1n) is 11.3. The lowest BCUT2D eigenvalue weighted by Gasteiger charge is -2.31. The number of H-pyrrole nitrogens is 1. The van der Waals surface area contributed by atoms with Crippen LogP contribution in [0.4, 0.5) is 0 Å². The summed E-state index contributed by atoms with van der Waals surface area (Å²) in [4.78, 5) is 7.85. The van der Waals surface area contributed by atoms with Gasteiger partial charge in [-0.25, -0.2) is 0 Å². The maximum absolute atomic E-state index is 4.10. The summed E-state index contributed by atoms with van der Waals surface area (Å²) in [6.07, 6.45) is 12.3. The molecular weight excluding hydrogens is 394 g/mol. The average Bonchev–Trinajstić information content (AvgIpc) is 3.17. The molecule has 0 aliphatic carbocycles. The number of hydrogen-bond acceptors (Lipinski definition) is 4. The van der Waals surface area contributed by atoms with Gasteiger partial charge >= 0.3 is 0 Å². The number of allylic oxidation sites excluding steroid dienone is 3. The number of fused-ring (bicyclic) bond motifs is 1. The highest BCUT2D eigenvalue weighted by Crippen LogP contribution is 2.17. The van der Waals surface area contributed by atoms with Crippen LogP contribution in [-0.2, 0) is 6.54 Å². The molecule has 3 N–H and O–H groups in total. The minimum Gasteiger partial charge on any atom is -0.368 e. The number of likely N-dealkylation sites (N-methyl/N-ethyl adjacent to an activating group) is 1. The normalized spacial score (nSPS) is 18.2. The lowest BCUT2D eigenvalue weighted by atomic mass is 10.1. The molecule has 2 aliphatic rings. The quantitative estimate of drug-likeness (QED) is 0.552. The van der Waals surface area contributed by atoms with Crippen molar-refractivity contribution in [1.82, 2.24) is 25.4 Å². The van der Waals surface area contributed by atoms with Crippen molar-refractivity contribution in [3.8, 4) is 0 Å². The lowest BCUT2D eigenvalue weighted by molar-refractivity contribution is 0.233. The Morgan fingerprint density at radius 3 is 2.88 bits per heavy atom. The van der Waals surface area contributed by atoms with E-state index in [1.54, 1.807) is 0 Å². The molecule has 1 atom stereocenters. The number of aromatic amines is 1. The Bertz CT molecular complexity index is 997. The predicted molar refractivity (Wildman–Crippen MR) is 137 cm³/mol. The molecule has 1 aromatic carbocycles. The third-order valence-corrected chi connectivity index (χ3v) is 5.69. The van der Waals surface area contributed by atoms with Crippen molar-refractivity contribution >= 4 is 10.9 Å². The van der Waals surface area contributed by atoms with E-state index >= 15 is 0 Å². The second-order valence-corrected chi connectivity index (χ2v) is 8.60. The fourth-order valence-electron chi connectivity index (χ4n) is 4.02. The number of hydrogen-bond donors (Lipinski definition) is 3. The Morgan fingerprint density at radius 2 is 2.12 bits per heavy atom. The number of nitrogens with one attached hydrogen (secondary N) is 3. The lowest BCUT2D eigenvalue weighted by Crippen LogP contribution is -2.45. The molecule has 1 fully saturated rings. The van der Waals surface area contributed by atoms with Gasteiger partial charge in [0, 0.05) is 42.2 Å². The Balaban J connectivity index is 0.000000243. The third-order valence-electron chi connectivity index (χ3n) is 5.69. The van der Waals surface area contributed by atoms with E-state index in [0.717, 1.165) is 31.2 Å². The molecule has 3 heterocycles. The Kier molecular flexibility index (Phi) is 8.40. The summed E-state index contributed by atoms with van der Waals surface area (Å²) < 4.78 is 0. The SMILES string of the molecule is C=C(NCc1cc2cc(C)ccc2[nH]1)NC1CCCN(C)C1.C=CCN1C=CC=CC1=C. The van der Waals surface area contributed by atoms with Crippen LogP contribution in [0.5, 0.6) is 0 Å². The van der Waals surface area contributed by atoms with Gasteiger partial charge in [-0.15, -0.1) is 6.58 Å². The van der Waals surface area contributed by atoms with Gasteiger partial charge in [-0.05, 0) is 69.1 Å². The summed E-state index contributed by atoms with van der Waals surface area (Å²) in [5, 5.41) is 8.15. The minimum absolute atomic E-state index is 0.504. The first-order chi connectivity index (χ1) is 15.4. The van der Waals surface area contributed by atoms with Gasteiger partial charge in [0.25, 0.3) is 0 Å². The maximum atomic E-state index is 4.10. The van der Waals surface area contributed by atoms with Crippen molar-refractivity contribution in [2.75, 3.05) is 26.7 Å². The summed E-state index contributed by atoms with van der Waals surface area (Å²) in [6.45, 7) is 17.6. The zero-order valence-corrected chi connectivity index (χ0v) is 19.5. The number of aromatic nitrogens is 1. The second-order valence-electron chi connectivity index (χ2n) is 8.60. The topological polar surface area (TPSA) is 46.3 Å². The van der Waals surface area contributed by atoms with E-state index in [0.29, 0.717) is 6.04 Å². The van der Waals surface area contributed by atoms with Gasteiger partial charge in [0.1, 0.15) is 0 Å². The first kappa shape index (κ1) is 23.5. The summed E-state index contributed by atoms with van der Waals surface area (Å²) in [5.41, 5.74) is 4.68. The van der Waals surface area contributed by atoms with E-state index in [9.17, 15) is 0 Å². The van der Waals surface area contributed by atoms with Gasteiger partial charge in [-0.3, -0.25) is 0 Å². The van der Waals surface area contributed by atoms with Gasteiger partial charge in [0.15, 0.2) is 0 Å². The molecule has 2 aromatic rings. The van der Waals surface area contributed by atoms with Crippen molar-refractivity contribution in [3.05, 3.63) is 97.3 Å². The second kappa shape index (κ2) is 11.4. The predicted octanol–water partition coefficient (Wildman–Crippen LogP) is 4.79. The molecular formula is C27H37N5. The largest absolute Gasteiger partial charge is 0.368 e. The summed E-state index contributed by atoms with van der Waals surface area (Å²) in [6, 6.07) is 9.19. The highest BCUT2D eigenvalue weighted by molar-refractivity contribution is 5.81. The van der Waals surface area contributed by atoms with Crippen LogP contribution >= 0.6 is 0 Å². The summed E-state index contributed by atoms with van der Waals surface area (Å²) in [5.74, 6) is 0.912. The molecule has 5 nitrogen and oxygen atoms in total. The highest BCUT2D eigenvalue weighted by atomic mass is 15.2. The van der Waals surface area contributed by atoms with E-state index in [1.807, 2.05) is 35.4 Å². The van der Waals surface area contributed by atoms with Crippen LogP contribution in [-0.4, -0.2) is 47.5 Å². The van der Waals surface area contributed by atoms with Crippen molar-refractivity contribution in [1.29, 1.82) is 0 Å². The Hall–Kier alpha value is -3.18. The van der Waals surface area contributed by atoms with Gasteiger partial charge in [-0.1, -0.05) is 36.9 Å². The van der Waals surface area contributed by atoms with Gasteiger partial charge in [0.2, 0.25) is 0 Å². The van der Waals surface area contributed by atoms with Crippen LogP contribution in [0, 0.1) is 6.92 Å². The molecule has 0 amide bonds. The Labute approximate surface area is 192 Å². The summed E-state index contributed by atoms with van der Waals surface area (Å²) in [7, 11) is 2.18. The number of rotatable bonds is 7. The van der Waals surface area contributed by atoms with Crippen LogP contribution in [0.3, 0.4) is 0 Å². The minimum atomic E-state index is 0.504. The van der Waals surface area contributed by atoms with Gasteiger partial charge in [-0.2, -0.15) is 0 Å². The number of aryl methyl sites for hydroxylation is 1. The molecule has 0 saturated carbocycles. The van der Waals surface area contributed by atoms with Crippen molar-refractivity contribution < 1.29 is 0 Å². The molecule has 0 bridgehead atoms. The van der Waals surface area contributed by atoms with Gasteiger partial charge < -0.3 is 25.4 Å². The highest BCUT2D eigenvalue weighted by Gasteiger charge is 2.16. The monoisotopic (exact) mass is 431 g/mol. The smallest absolute Gasteiger partial charge is 0.0918 e. The van der Waals surface area contributed by atoms with E-state index in [4.69, 9.17) is 0 Å². The number of piperidine rings is 1. The van der Waals surface area contributed by atoms with Gasteiger partial charge in [0.05, 0.1) is 12.4 Å². The zero-order valence-electron chi connectivity index (χ0n) is 19.5. The van der Waals surface area contributed by atoms with Crippen LogP contribution in [0.25, 0.3) is 10.9 Å². The molecule has 0 spiro atoms. The van der Waals surface area contributed by atoms with E-state index < -0.39 is 0 Å². The third kappa shape index (κ3) is 6.92. The van der Waals surface area contributed by atoms with Crippen LogP contribution in [0.15, 0.2) is 86.0 Å². The number of likely N-dealkylation sites (tertiary alicyclic amines) is 1. The molecule has 170 valence electrons. The van der Waals surface area contributed by atoms with Crippen molar-refractivity contribution in [2.24, 2.45) is 0 Å². The molecule has 5 heteroatoms. The molecule has 1 saturated heterocycles.